The number of carbonyl (C=O) groups is 1. The number of carbonyl (C=O) groups excluding carboxylic acids is 1. The SMILES string of the molecule is CCn1ccnc(N[C@@H]2CCN(Cc3ccc(F)cc3)C2=O)c1=O. The molecule has 2 heterocycles. The number of aryl methyl sites for hydroxylation is 1. The summed E-state index contributed by atoms with van der Waals surface area (Å²) in [5.41, 5.74) is 0.640. The zero-order valence-corrected chi connectivity index (χ0v) is 13.4. The van der Waals surface area contributed by atoms with Crippen LogP contribution in [-0.2, 0) is 17.9 Å². The van der Waals surface area contributed by atoms with Crippen LogP contribution < -0.4 is 10.9 Å². The van der Waals surface area contributed by atoms with Crippen molar-refractivity contribution in [2.75, 3.05) is 11.9 Å². The van der Waals surface area contributed by atoms with Gasteiger partial charge in [-0.2, -0.15) is 0 Å². The van der Waals surface area contributed by atoms with E-state index in [2.05, 4.69) is 10.3 Å². The summed E-state index contributed by atoms with van der Waals surface area (Å²) in [4.78, 5) is 30.4. The molecule has 3 rings (SSSR count). The van der Waals surface area contributed by atoms with Crippen molar-refractivity contribution in [2.24, 2.45) is 0 Å². The van der Waals surface area contributed by atoms with Crippen LogP contribution in [0.25, 0.3) is 0 Å². The Morgan fingerprint density at radius 2 is 2.04 bits per heavy atom. The molecule has 1 saturated heterocycles. The molecule has 0 saturated carbocycles. The number of halogens is 1. The largest absolute Gasteiger partial charge is 0.354 e. The summed E-state index contributed by atoms with van der Waals surface area (Å²) in [5, 5.41) is 2.96. The number of likely N-dealkylation sites (tertiary alicyclic amines) is 1. The summed E-state index contributed by atoms with van der Waals surface area (Å²) < 4.78 is 14.5. The number of anilines is 1. The molecule has 0 radical (unpaired) electrons. The lowest BCUT2D eigenvalue weighted by Crippen LogP contribution is -2.35. The van der Waals surface area contributed by atoms with Crippen molar-refractivity contribution >= 4 is 11.7 Å². The first-order chi connectivity index (χ1) is 11.6. The Kier molecular flexibility index (Phi) is 4.59. The molecule has 0 spiro atoms. The summed E-state index contributed by atoms with van der Waals surface area (Å²) in [6.45, 7) is 3.43. The molecule has 2 aromatic rings. The van der Waals surface area contributed by atoms with Crippen LogP contribution in [0.5, 0.6) is 0 Å². The Morgan fingerprint density at radius 1 is 1.29 bits per heavy atom. The predicted octanol–water partition coefficient (Wildman–Crippen LogP) is 1.62. The molecule has 1 aliphatic rings. The van der Waals surface area contributed by atoms with Crippen LogP contribution in [0.2, 0.25) is 0 Å². The van der Waals surface area contributed by atoms with Gasteiger partial charge in [0.1, 0.15) is 11.9 Å². The lowest BCUT2D eigenvalue weighted by atomic mass is 10.2. The summed E-state index contributed by atoms with van der Waals surface area (Å²) in [6, 6.07) is 5.64. The maximum atomic E-state index is 13.0. The third-order valence-corrected chi connectivity index (χ3v) is 4.15. The topological polar surface area (TPSA) is 67.2 Å². The second-order valence-electron chi connectivity index (χ2n) is 5.74. The lowest BCUT2D eigenvalue weighted by Gasteiger charge is -2.17. The zero-order valence-electron chi connectivity index (χ0n) is 13.4. The summed E-state index contributed by atoms with van der Waals surface area (Å²) >= 11 is 0. The van der Waals surface area contributed by atoms with Crippen LogP contribution >= 0.6 is 0 Å². The van der Waals surface area contributed by atoms with Crippen LogP contribution in [-0.4, -0.2) is 32.9 Å². The fraction of sp³-hybridized carbons (Fsp3) is 0.353. The maximum absolute atomic E-state index is 13.0. The molecule has 1 aromatic carbocycles. The number of hydrogen-bond donors (Lipinski definition) is 1. The average Bonchev–Trinajstić information content (AvgIpc) is 2.92. The number of aromatic nitrogens is 2. The first kappa shape index (κ1) is 16.2. The van der Waals surface area contributed by atoms with Gasteiger partial charge in [0, 0.05) is 32.0 Å². The van der Waals surface area contributed by atoms with E-state index < -0.39 is 6.04 Å². The van der Waals surface area contributed by atoms with Gasteiger partial charge < -0.3 is 14.8 Å². The lowest BCUT2D eigenvalue weighted by molar-refractivity contribution is -0.128. The predicted molar refractivity (Wildman–Crippen MR) is 88.0 cm³/mol. The van der Waals surface area contributed by atoms with Crippen LogP contribution in [0.15, 0.2) is 41.5 Å². The third kappa shape index (κ3) is 3.29. The standard InChI is InChI=1S/C17H19FN4O2/c1-2-21-10-8-19-15(17(21)24)20-14-7-9-22(16(14)23)11-12-3-5-13(18)6-4-12/h3-6,8,10,14H,2,7,9,11H2,1H3,(H,19,20)/t14-/m1/s1. The monoisotopic (exact) mass is 330 g/mol. The number of rotatable bonds is 5. The highest BCUT2D eigenvalue weighted by Gasteiger charge is 2.32. The average molecular weight is 330 g/mol. The van der Waals surface area contributed by atoms with E-state index in [4.69, 9.17) is 0 Å². The number of benzene rings is 1. The Labute approximate surface area is 138 Å². The fourth-order valence-electron chi connectivity index (χ4n) is 2.80. The van der Waals surface area contributed by atoms with Gasteiger partial charge in [-0.25, -0.2) is 9.37 Å². The van der Waals surface area contributed by atoms with E-state index in [0.29, 0.717) is 26.1 Å². The van der Waals surface area contributed by atoms with Crippen molar-refractivity contribution in [2.45, 2.75) is 32.5 Å². The van der Waals surface area contributed by atoms with Crippen molar-refractivity contribution in [3.05, 3.63) is 58.4 Å². The molecule has 0 aliphatic carbocycles. The minimum atomic E-state index is -0.460. The maximum Gasteiger partial charge on any atom is 0.293 e. The second-order valence-corrected chi connectivity index (χ2v) is 5.74. The van der Waals surface area contributed by atoms with Crippen LogP contribution in [0.3, 0.4) is 0 Å². The van der Waals surface area contributed by atoms with Gasteiger partial charge in [-0.1, -0.05) is 12.1 Å². The van der Waals surface area contributed by atoms with Gasteiger partial charge in [0.25, 0.3) is 5.56 Å². The fourth-order valence-corrected chi connectivity index (χ4v) is 2.80. The van der Waals surface area contributed by atoms with E-state index >= 15 is 0 Å². The van der Waals surface area contributed by atoms with E-state index in [0.717, 1.165) is 5.56 Å². The number of hydrogen-bond acceptors (Lipinski definition) is 4. The number of nitrogens with one attached hydrogen (secondary N) is 1. The number of nitrogens with zero attached hydrogens (tertiary/aromatic N) is 3. The Balaban J connectivity index is 1.68. The Hall–Kier alpha value is -2.70. The minimum Gasteiger partial charge on any atom is -0.354 e. The highest BCUT2D eigenvalue weighted by atomic mass is 19.1. The summed E-state index contributed by atoms with van der Waals surface area (Å²) in [5.74, 6) is -0.179. The van der Waals surface area contributed by atoms with Crippen LogP contribution in [0.1, 0.15) is 18.9 Å². The number of amides is 1. The van der Waals surface area contributed by atoms with Gasteiger partial charge in [0.15, 0.2) is 5.82 Å². The molecular formula is C17H19FN4O2. The highest BCUT2D eigenvalue weighted by molar-refractivity contribution is 5.86. The quantitative estimate of drug-likeness (QED) is 0.904. The molecule has 1 N–H and O–H groups in total. The van der Waals surface area contributed by atoms with E-state index in [1.165, 1.54) is 16.7 Å². The Bertz CT molecular complexity index is 788. The van der Waals surface area contributed by atoms with E-state index in [9.17, 15) is 14.0 Å². The summed E-state index contributed by atoms with van der Waals surface area (Å²) in [6.07, 6.45) is 3.76. The minimum absolute atomic E-state index is 0.0765. The van der Waals surface area contributed by atoms with Crippen molar-refractivity contribution in [1.82, 2.24) is 14.5 Å². The second kappa shape index (κ2) is 6.82. The highest BCUT2D eigenvalue weighted by Crippen LogP contribution is 2.17. The van der Waals surface area contributed by atoms with E-state index in [-0.39, 0.29) is 23.1 Å². The van der Waals surface area contributed by atoms with Crippen LogP contribution in [0, 0.1) is 5.82 Å². The molecule has 1 atom stereocenters. The van der Waals surface area contributed by atoms with Gasteiger partial charge in [-0.3, -0.25) is 9.59 Å². The zero-order chi connectivity index (χ0) is 17.1. The smallest absolute Gasteiger partial charge is 0.293 e. The molecule has 7 heteroatoms. The van der Waals surface area contributed by atoms with Gasteiger partial charge >= 0.3 is 0 Å². The van der Waals surface area contributed by atoms with Crippen molar-refractivity contribution < 1.29 is 9.18 Å². The van der Waals surface area contributed by atoms with Crippen LogP contribution in [0.4, 0.5) is 10.2 Å². The Morgan fingerprint density at radius 3 is 2.75 bits per heavy atom. The molecule has 1 aliphatic heterocycles. The van der Waals surface area contributed by atoms with Gasteiger partial charge in [0.05, 0.1) is 0 Å². The molecule has 1 aromatic heterocycles. The van der Waals surface area contributed by atoms with Gasteiger partial charge in [-0.05, 0) is 31.0 Å². The van der Waals surface area contributed by atoms with E-state index in [1.807, 2.05) is 6.92 Å². The molecule has 6 nitrogen and oxygen atoms in total. The summed E-state index contributed by atoms with van der Waals surface area (Å²) in [7, 11) is 0. The van der Waals surface area contributed by atoms with Crippen molar-refractivity contribution in [3.63, 3.8) is 0 Å². The molecule has 0 unspecified atom stereocenters. The first-order valence-corrected chi connectivity index (χ1v) is 7.93. The normalized spacial score (nSPS) is 17.3. The van der Waals surface area contributed by atoms with Gasteiger partial charge in [-0.15, -0.1) is 0 Å². The molecular weight excluding hydrogens is 311 g/mol. The molecule has 0 bridgehead atoms. The first-order valence-electron chi connectivity index (χ1n) is 7.93. The van der Waals surface area contributed by atoms with Gasteiger partial charge in [0.2, 0.25) is 5.91 Å². The van der Waals surface area contributed by atoms with Crippen molar-refractivity contribution in [1.29, 1.82) is 0 Å². The molecule has 126 valence electrons. The third-order valence-electron chi connectivity index (χ3n) is 4.15. The molecule has 24 heavy (non-hydrogen) atoms. The van der Waals surface area contributed by atoms with E-state index in [1.54, 1.807) is 29.4 Å². The molecule has 1 amide bonds. The van der Waals surface area contributed by atoms with Crippen molar-refractivity contribution in [3.8, 4) is 0 Å². The molecule has 1 fully saturated rings.